The number of rotatable bonds is 10. The van der Waals surface area contributed by atoms with E-state index >= 15 is 0 Å². The first kappa shape index (κ1) is 24.1. The first-order valence-electron chi connectivity index (χ1n) is 11.1. The zero-order chi connectivity index (χ0) is 23.5. The van der Waals surface area contributed by atoms with Crippen LogP contribution in [0.3, 0.4) is 0 Å². The molecule has 0 radical (unpaired) electrons. The van der Waals surface area contributed by atoms with Crippen LogP contribution in [0.25, 0.3) is 6.08 Å². The van der Waals surface area contributed by atoms with Crippen molar-refractivity contribution >= 4 is 29.3 Å². The lowest BCUT2D eigenvalue weighted by Gasteiger charge is -2.35. The highest BCUT2D eigenvalue weighted by atomic mass is 16.5. The zero-order valence-electron chi connectivity index (χ0n) is 19.0. The third kappa shape index (κ3) is 7.80. The second-order valence-electron chi connectivity index (χ2n) is 7.63. The first-order valence-corrected chi connectivity index (χ1v) is 11.1. The Morgan fingerprint density at radius 3 is 2.36 bits per heavy atom. The van der Waals surface area contributed by atoms with Crippen molar-refractivity contribution in [3.05, 3.63) is 72.8 Å². The number of ether oxygens (including phenoxy) is 2. The van der Waals surface area contributed by atoms with Gasteiger partial charge in [-0.2, -0.15) is 0 Å². The molecule has 1 amide bonds. The molecular weight excluding hydrogens is 418 g/mol. The molecule has 3 rings (SSSR count). The van der Waals surface area contributed by atoms with Crippen LogP contribution in [0.4, 0.5) is 11.4 Å². The SMILES string of the molecule is C=CCOc1ccc(/C=C/C(=O)OCC(=O)Nc2ccc(N3CCN(CC)CC3)cc2)cc1. The van der Waals surface area contributed by atoms with Crippen LogP contribution in [-0.4, -0.2) is 62.7 Å². The van der Waals surface area contributed by atoms with Gasteiger partial charge in [0, 0.05) is 43.6 Å². The molecule has 1 aliphatic heterocycles. The van der Waals surface area contributed by atoms with Crippen molar-refractivity contribution in [2.45, 2.75) is 6.92 Å². The van der Waals surface area contributed by atoms with E-state index in [-0.39, 0.29) is 12.5 Å². The standard InChI is InChI=1S/C26H31N3O4/c1-3-19-32-24-12-5-21(6-13-24)7-14-26(31)33-20-25(30)27-22-8-10-23(11-9-22)29-17-15-28(4-2)16-18-29/h3,5-14H,1,4,15-20H2,2H3,(H,27,30)/b14-7+. The number of anilines is 2. The molecule has 0 bridgehead atoms. The predicted molar refractivity (Wildman–Crippen MR) is 132 cm³/mol. The lowest BCUT2D eigenvalue weighted by Crippen LogP contribution is -2.46. The van der Waals surface area contributed by atoms with Gasteiger partial charge in [0.15, 0.2) is 6.61 Å². The highest BCUT2D eigenvalue weighted by Gasteiger charge is 2.15. The molecule has 1 fully saturated rings. The topological polar surface area (TPSA) is 71.1 Å². The van der Waals surface area contributed by atoms with E-state index in [0.29, 0.717) is 12.3 Å². The van der Waals surface area contributed by atoms with E-state index in [1.54, 1.807) is 24.3 Å². The average Bonchev–Trinajstić information content (AvgIpc) is 2.86. The smallest absolute Gasteiger partial charge is 0.331 e. The Kier molecular flexibility index (Phi) is 9.08. The van der Waals surface area contributed by atoms with Crippen molar-refractivity contribution in [3.63, 3.8) is 0 Å². The van der Waals surface area contributed by atoms with E-state index in [0.717, 1.165) is 49.7 Å². The Balaban J connectivity index is 1.40. The van der Waals surface area contributed by atoms with Gasteiger partial charge in [0.25, 0.3) is 5.91 Å². The molecule has 0 aliphatic carbocycles. The molecular formula is C26H31N3O4. The van der Waals surface area contributed by atoms with Crippen molar-refractivity contribution in [3.8, 4) is 5.75 Å². The van der Waals surface area contributed by atoms with Gasteiger partial charge < -0.3 is 24.6 Å². The number of nitrogens with one attached hydrogen (secondary N) is 1. The Morgan fingerprint density at radius 1 is 1.03 bits per heavy atom. The number of esters is 1. The van der Waals surface area contributed by atoms with E-state index in [1.165, 1.54) is 6.08 Å². The maximum atomic E-state index is 12.1. The number of hydrogen-bond donors (Lipinski definition) is 1. The summed E-state index contributed by atoms with van der Waals surface area (Å²) in [4.78, 5) is 28.8. The number of hydrogen-bond acceptors (Lipinski definition) is 6. The Bertz CT molecular complexity index is 947. The summed E-state index contributed by atoms with van der Waals surface area (Å²) in [6.45, 7) is 11.1. The Labute approximate surface area is 195 Å². The number of nitrogens with zero attached hydrogens (tertiary/aromatic N) is 2. The minimum atomic E-state index is -0.585. The quantitative estimate of drug-likeness (QED) is 0.340. The molecule has 2 aromatic rings. The summed E-state index contributed by atoms with van der Waals surface area (Å²) >= 11 is 0. The third-order valence-corrected chi connectivity index (χ3v) is 5.34. The van der Waals surface area contributed by atoms with Crippen LogP contribution in [0.5, 0.6) is 5.75 Å². The highest BCUT2D eigenvalue weighted by molar-refractivity contribution is 5.94. The number of amides is 1. The summed E-state index contributed by atoms with van der Waals surface area (Å²) in [5.74, 6) is -0.248. The first-order chi connectivity index (χ1) is 16.1. The van der Waals surface area contributed by atoms with E-state index in [2.05, 4.69) is 28.6 Å². The summed E-state index contributed by atoms with van der Waals surface area (Å²) < 4.78 is 10.4. The van der Waals surface area contributed by atoms with Gasteiger partial charge in [0.05, 0.1) is 0 Å². The highest BCUT2D eigenvalue weighted by Crippen LogP contribution is 2.19. The summed E-state index contributed by atoms with van der Waals surface area (Å²) in [6.07, 6.45) is 4.58. The van der Waals surface area contributed by atoms with E-state index in [4.69, 9.17) is 9.47 Å². The lowest BCUT2D eigenvalue weighted by molar-refractivity contribution is -0.142. The van der Waals surface area contributed by atoms with Gasteiger partial charge >= 0.3 is 5.97 Å². The van der Waals surface area contributed by atoms with Gasteiger partial charge in [-0.15, -0.1) is 0 Å². The average molecular weight is 450 g/mol. The molecule has 7 nitrogen and oxygen atoms in total. The molecule has 174 valence electrons. The molecule has 0 atom stereocenters. The van der Waals surface area contributed by atoms with Crippen LogP contribution in [-0.2, 0) is 14.3 Å². The minimum Gasteiger partial charge on any atom is -0.490 e. The van der Waals surface area contributed by atoms with Gasteiger partial charge in [0.2, 0.25) is 0 Å². The molecule has 0 saturated carbocycles. The molecule has 1 aliphatic rings. The summed E-state index contributed by atoms with van der Waals surface area (Å²) in [5.41, 5.74) is 2.63. The maximum absolute atomic E-state index is 12.1. The van der Waals surface area contributed by atoms with Crippen LogP contribution in [0.2, 0.25) is 0 Å². The van der Waals surface area contributed by atoms with E-state index in [1.807, 2.05) is 36.4 Å². The molecule has 1 heterocycles. The zero-order valence-corrected chi connectivity index (χ0v) is 19.0. The second-order valence-corrected chi connectivity index (χ2v) is 7.63. The predicted octanol–water partition coefficient (Wildman–Crippen LogP) is 3.59. The Hall–Kier alpha value is -3.58. The summed E-state index contributed by atoms with van der Waals surface area (Å²) in [7, 11) is 0. The molecule has 1 saturated heterocycles. The van der Waals surface area contributed by atoms with Crippen molar-refractivity contribution < 1.29 is 19.1 Å². The monoisotopic (exact) mass is 449 g/mol. The van der Waals surface area contributed by atoms with Gasteiger partial charge in [0.1, 0.15) is 12.4 Å². The molecule has 7 heteroatoms. The van der Waals surface area contributed by atoms with Crippen LogP contribution < -0.4 is 15.0 Å². The third-order valence-electron chi connectivity index (χ3n) is 5.34. The summed E-state index contributed by atoms with van der Waals surface area (Å²) in [6, 6.07) is 15.0. The fraction of sp³-hybridized carbons (Fsp3) is 0.308. The normalized spacial score (nSPS) is 14.2. The maximum Gasteiger partial charge on any atom is 0.331 e. The van der Waals surface area contributed by atoms with Crippen LogP contribution >= 0.6 is 0 Å². The lowest BCUT2D eigenvalue weighted by atomic mass is 10.2. The van der Waals surface area contributed by atoms with Gasteiger partial charge in [-0.1, -0.05) is 31.7 Å². The van der Waals surface area contributed by atoms with Crippen LogP contribution in [0, 0.1) is 0 Å². The molecule has 0 aromatic heterocycles. The Morgan fingerprint density at radius 2 is 1.73 bits per heavy atom. The minimum absolute atomic E-state index is 0.349. The molecule has 0 spiro atoms. The summed E-state index contributed by atoms with van der Waals surface area (Å²) in [5, 5.41) is 2.75. The molecule has 2 aromatic carbocycles. The fourth-order valence-corrected chi connectivity index (χ4v) is 3.45. The molecule has 33 heavy (non-hydrogen) atoms. The number of carbonyl (C=O) groups is 2. The van der Waals surface area contributed by atoms with Crippen molar-refractivity contribution in [2.24, 2.45) is 0 Å². The number of benzene rings is 2. The number of likely N-dealkylation sites (N-methyl/N-ethyl adjacent to an activating group) is 1. The van der Waals surface area contributed by atoms with Crippen LogP contribution in [0.1, 0.15) is 12.5 Å². The second kappa shape index (κ2) is 12.5. The largest absolute Gasteiger partial charge is 0.490 e. The van der Waals surface area contributed by atoms with Crippen molar-refractivity contribution in [1.82, 2.24) is 4.90 Å². The molecule has 0 unspecified atom stereocenters. The van der Waals surface area contributed by atoms with E-state index in [9.17, 15) is 9.59 Å². The number of carbonyl (C=O) groups excluding carboxylic acids is 2. The fourth-order valence-electron chi connectivity index (χ4n) is 3.45. The van der Waals surface area contributed by atoms with Crippen LogP contribution in [0.15, 0.2) is 67.3 Å². The van der Waals surface area contributed by atoms with E-state index < -0.39 is 5.97 Å². The molecule has 1 N–H and O–H groups in total. The van der Waals surface area contributed by atoms with Crippen molar-refractivity contribution in [2.75, 3.05) is 56.2 Å². The van der Waals surface area contributed by atoms with Gasteiger partial charge in [-0.25, -0.2) is 4.79 Å². The van der Waals surface area contributed by atoms with Gasteiger partial charge in [-0.3, -0.25) is 4.79 Å². The van der Waals surface area contributed by atoms with Gasteiger partial charge in [-0.05, 0) is 54.6 Å². The van der Waals surface area contributed by atoms with Crippen molar-refractivity contribution in [1.29, 1.82) is 0 Å². The number of piperazine rings is 1.